The maximum Gasteiger partial charge on any atom is 0.331 e. The Labute approximate surface area is 164 Å². The van der Waals surface area contributed by atoms with Crippen molar-refractivity contribution in [2.75, 3.05) is 5.32 Å². The molecule has 28 heavy (non-hydrogen) atoms. The summed E-state index contributed by atoms with van der Waals surface area (Å²) < 4.78 is 0. The maximum atomic E-state index is 13.4. The summed E-state index contributed by atoms with van der Waals surface area (Å²) in [6.07, 6.45) is 4.26. The predicted molar refractivity (Wildman–Crippen MR) is 107 cm³/mol. The summed E-state index contributed by atoms with van der Waals surface area (Å²) in [6, 6.07) is 6.77. The molecule has 7 heteroatoms. The van der Waals surface area contributed by atoms with E-state index in [4.69, 9.17) is 0 Å². The third-order valence-electron chi connectivity index (χ3n) is 5.57. The standard InChI is InChI=1S/C21H28N4O3/c1-13-7-9-16(10-8-13)23-21(11-5-4-6-12-21)20(28)22-18(19(26)27)17-14(2)24-25-15(17)3/h7-10,18,23H,4-6,11-12H2,1-3H3,(H,22,28)(H,24,25)(H,26,27)/t18-/m1/s1. The highest BCUT2D eigenvalue weighted by atomic mass is 16.4. The van der Waals surface area contributed by atoms with Gasteiger partial charge in [-0.05, 0) is 45.7 Å². The molecule has 0 aliphatic heterocycles. The monoisotopic (exact) mass is 384 g/mol. The minimum Gasteiger partial charge on any atom is -0.479 e. The summed E-state index contributed by atoms with van der Waals surface area (Å²) in [5.41, 5.74) is 2.94. The predicted octanol–water partition coefficient (Wildman–Crippen LogP) is 3.39. The average Bonchev–Trinajstić information content (AvgIpc) is 3.00. The quantitative estimate of drug-likeness (QED) is 0.611. The summed E-state index contributed by atoms with van der Waals surface area (Å²) in [5, 5.41) is 22.8. The number of rotatable bonds is 6. The molecule has 7 nitrogen and oxygen atoms in total. The fourth-order valence-electron chi connectivity index (χ4n) is 3.99. The zero-order chi connectivity index (χ0) is 20.3. The number of carboxylic acid groups (broad SMARTS) is 1. The first kappa shape index (κ1) is 19.9. The van der Waals surface area contributed by atoms with Gasteiger partial charge in [0.25, 0.3) is 0 Å². The second kappa shape index (κ2) is 8.04. The Bertz CT molecular complexity index is 832. The number of hydrogen-bond donors (Lipinski definition) is 4. The highest BCUT2D eigenvalue weighted by molar-refractivity contribution is 5.93. The lowest BCUT2D eigenvalue weighted by Gasteiger charge is -2.38. The third kappa shape index (κ3) is 4.03. The Balaban J connectivity index is 1.88. The van der Waals surface area contributed by atoms with Crippen LogP contribution < -0.4 is 10.6 Å². The van der Waals surface area contributed by atoms with Crippen molar-refractivity contribution in [1.29, 1.82) is 0 Å². The largest absolute Gasteiger partial charge is 0.479 e. The minimum atomic E-state index is -1.13. The first-order valence-electron chi connectivity index (χ1n) is 9.72. The molecule has 0 radical (unpaired) electrons. The molecule has 1 aliphatic carbocycles. The Morgan fingerprint density at radius 3 is 2.29 bits per heavy atom. The Hall–Kier alpha value is -2.83. The molecule has 4 N–H and O–H groups in total. The molecule has 0 saturated heterocycles. The van der Waals surface area contributed by atoms with Crippen LogP contribution in [0.4, 0.5) is 5.69 Å². The summed E-state index contributed by atoms with van der Waals surface area (Å²) in [4.78, 5) is 25.3. The van der Waals surface area contributed by atoms with Crippen molar-refractivity contribution in [2.24, 2.45) is 0 Å². The molecule has 1 amide bonds. The molecule has 0 spiro atoms. The van der Waals surface area contributed by atoms with Gasteiger partial charge >= 0.3 is 5.97 Å². The van der Waals surface area contributed by atoms with Gasteiger partial charge in [-0.1, -0.05) is 37.0 Å². The van der Waals surface area contributed by atoms with Gasteiger partial charge in [0.15, 0.2) is 6.04 Å². The minimum absolute atomic E-state index is 0.278. The van der Waals surface area contributed by atoms with Gasteiger partial charge in [-0.15, -0.1) is 0 Å². The van der Waals surface area contributed by atoms with E-state index in [1.807, 2.05) is 31.2 Å². The van der Waals surface area contributed by atoms with E-state index in [9.17, 15) is 14.7 Å². The molecule has 1 atom stereocenters. The number of carbonyl (C=O) groups excluding carboxylic acids is 1. The van der Waals surface area contributed by atoms with Crippen molar-refractivity contribution in [2.45, 2.75) is 64.5 Å². The van der Waals surface area contributed by atoms with Crippen LogP contribution >= 0.6 is 0 Å². The number of carbonyl (C=O) groups is 2. The van der Waals surface area contributed by atoms with E-state index in [2.05, 4.69) is 20.8 Å². The average molecular weight is 384 g/mol. The van der Waals surface area contributed by atoms with E-state index in [0.717, 1.165) is 30.5 Å². The Morgan fingerprint density at radius 2 is 1.75 bits per heavy atom. The van der Waals surface area contributed by atoms with E-state index in [1.165, 1.54) is 0 Å². The molecule has 150 valence electrons. The van der Waals surface area contributed by atoms with Crippen LogP contribution in [0.3, 0.4) is 0 Å². The van der Waals surface area contributed by atoms with Gasteiger partial charge in [0.2, 0.25) is 5.91 Å². The number of amides is 1. The van der Waals surface area contributed by atoms with Crippen molar-refractivity contribution in [3.8, 4) is 0 Å². The van der Waals surface area contributed by atoms with Crippen LogP contribution in [0.2, 0.25) is 0 Å². The molecule has 2 aromatic rings. The molecule has 1 heterocycles. The molecule has 0 bridgehead atoms. The summed E-state index contributed by atoms with van der Waals surface area (Å²) in [5.74, 6) is -1.37. The van der Waals surface area contributed by atoms with Crippen molar-refractivity contribution >= 4 is 17.6 Å². The zero-order valence-electron chi connectivity index (χ0n) is 16.6. The lowest BCUT2D eigenvalue weighted by atomic mass is 9.80. The fraction of sp³-hybridized carbons (Fsp3) is 0.476. The number of H-pyrrole nitrogens is 1. The third-order valence-corrected chi connectivity index (χ3v) is 5.57. The second-order valence-corrected chi connectivity index (χ2v) is 7.73. The SMILES string of the molecule is Cc1ccc(NC2(C(=O)N[C@@H](C(=O)O)c3c(C)n[nH]c3C)CCCCC2)cc1. The van der Waals surface area contributed by atoms with Gasteiger partial charge in [-0.3, -0.25) is 9.89 Å². The smallest absolute Gasteiger partial charge is 0.331 e. The number of hydrogen-bond acceptors (Lipinski definition) is 4. The number of aliphatic carboxylic acids is 1. The van der Waals surface area contributed by atoms with Gasteiger partial charge in [0.05, 0.1) is 5.69 Å². The van der Waals surface area contributed by atoms with Gasteiger partial charge in [-0.25, -0.2) is 4.79 Å². The molecule has 1 aromatic heterocycles. The van der Waals surface area contributed by atoms with Crippen molar-refractivity contribution in [1.82, 2.24) is 15.5 Å². The van der Waals surface area contributed by atoms with Crippen LogP contribution in [0, 0.1) is 20.8 Å². The number of anilines is 1. The van der Waals surface area contributed by atoms with Gasteiger partial charge in [-0.2, -0.15) is 5.10 Å². The van der Waals surface area contributed by atoms with Crippen molar-refractivity contribution < 1.29 is 14.7 Å². The molecule has 3 rings (SSSR count). The van der Waals surface area contributed by atoms with Crippen LogP contribution in [0.5, 0.6) is 0 Å². The van der Waals surface area contributed by atoms with Crippen LogP contribution in [0.25, 0.3) is 0 Å². The lowest BCUT2D eigenvalue weighted by molar-refractivity contribution is -0.143. The highest BCUT2D eigenvalue weighted by Crippen LogP contribution is 2.33. The van der Waals surface area contributed by atoms with E-state index in [1.54, 1.807) is 13.8 Å². The Morgan fingerprint density at radius 1 is 1.11 bits per heavy atom. The Kier molecular flexibility index (Phi) is 5.72. The van der Waals surface area contributed by atoms with Crippen molar-refractivity contribution in [3.63, 3.8) is 0 Å². The summed E-state index contributed by atoms with van der Waals surface area (Å²) in [6.45, 7) is 5.51. The summed E-state index contributed by atoms with van der Waals surface area (Å²) >= 11 is 0. The number of aromatic nitrogens is 2. The highest BCUT2D eigenvalue weighted by Gasteiger charge is 2.42. The molecule has 1 saturated carbocycles. The van der Waals surface area contributed by atoms with E-state index in [-0.39, 0.29) is 5.91 Å². The first-order chi connectivity index (χ1) is 13.3. The van der Waals surface area contributed by atoms with Gasteiger partial charge < -0.3 is 15.7 Å². The number of benzene rings is 1. The van der Waals surface area contributed by atoms with Gasteiger partial charge in [0.1, 0.15) is 5.54 Å². The van der Waals surface area contributed by atoms with Gasteiger partial charge in [0, 0.05) is 16.9 Å². The normalized spacial score (nSPS) is 17.0. The number of aromatic amines is 1. The number of nitrogens with zero attached hydrogens (tertiary/aromatic N) is 1. The van der Waals surface area contributed by atoms with E-state index >= 15 is 0 Å². The van der Waals surface area contributed by atoms with Crippen LogP contribution in [-0.2, 0) is 9.59 Å². The molecule has 1 aliphatic rings. The molecule has 1 aromatic carbocycles. The fourth-order valence-corrected chi connectivity index (χ4v) is 3.99. The van der Waals surface area contributed by atoms with Crippen LogP contribution in [0.1, 0.15) is 60.7 Å². The lowest BCUT2D eigenvalue weighted by Crippen LogP contribution is -2.55. The van der Waals surface area contributed by atoms with Crippen molar-refractivity contribution in [3.05, 3.63) is 46.8 Å². The van der Waals surface area contributed by atoms with E-state index in [0.29, 0.717) is 29.8 Å². The summed E-state index contributed by atoms with van der Waals surface area (Å²) in [7, 11) is 0. The van der Waals surface area contributed by atoms with Crippen LogP contribution in [-0.4, -0.2) is 32.7 Å². The van der Waals surface area contributed by atoms with Crippen LogP contribution in [0.15, 0.2) is 24.3 Å². The number of carboxylic acids is 1. The first-order valence-corrected chi connectivity index (χ1v) is 9.72. The topological polar surface area (TPSA) is 107 Å². The molecule has 0 unspecified atom stereocenters. The van der Waals surface area contributed by atoms with E-state index < -0.39 is 17.6 Å². The molecule has 1 fully saturated rings. The maximum absolute atomic E-state index is 13.4. The molecular weight excluding hydrogens is 356 g/mol. The number of aryl methyl sites for hydroxylation is 3. The number of nitrogens with one attached hydrogen (secondary N) is 3. The second-order valence-electron chi connectivity index (χ2n) is 7.73. The zero-order valence-corrected chi connectivity index (χ0v) is 16.6. The molecular formula is C21H28N4O3.